The maximum absolute atomic E-state index is 13.9. The summed E-state index contributed by atoms with van der Waals surface area (Å²) >= 11 is 0. The Morgan fingerprint density at radius 2 is 1.97 bits per heavy atom. The van der Waals surface area contributed by atoms with E-state index in [0.29, 0.717) is 6.42 Å². The number of nitrogens with zero attached hydrogens (tertiary/aromatic N) is 1. The molecule has 7 nitrogen and oxygen atoms in total. The Hall–Kier alpha value is -3.10. The number of aryl methyl sites for hydroxylation is 1. The Morgan fingerprint density at radius 3 is 2.67 bits per heavy atom. The third-order valence-electron chi connectivity index (χ3n) is 5.45. The number of hydrogen-bond acceptors (Lipinski definition) is 5. The van der Waals surface area contributed by atoms with Crippen molar-refractivity contribution in [3.05, 3.63) is 59.5 Å². The molecule has 0 spiro atoms. The van der Waals surface area contributed by atoms with Gasteiger partial charge in [-0.1, -0.05) is 6.07 Å². The van der Waals surface area contributed by atoms with Crippen molar-refractivity contribution in [3.63, 3.8) is 0 Å². The second kappa shape index (κ2) is 8.33. The topological polar surface area (TPSA) is 76.6 Å². The lowest BCUT2D eigenvalue weighted by Gasteiger charge is -2.14. The minimum absolute atomic E-state index is 0.0000374. The number of carbonyl (C=O) groups excluding carboxylic acids is 1. The summed E-state index contributed by atoms with van der Waals surface area (Å²) in [5, 5.41) is 3.95. The highest BCUT2D eigenvalue weighted by atomic mass is 19.1. The molecular weight excluding hydrogens is 387 g/mol. The Balaban J connectivity index is 1.51. The number of methoxy groups -OCH3 is 2. The molecule has 30 heavy (non-hydrogen) atoms. The molecule has 1 saturated heterocycles. The summed E-state index contributed by atoms with van der Waals surface area (Å²) < 4.78 is 26.5. The average Bonchev–Trinajstić information content (AvgIpc) is 3.37. The minimum Gasteiger partial charge on any atom is -0.496 e. The highest BCUT2D eigenvalue weighted by Gasteiger charge is 2.29. The van der Waals surface area contributed by atoms with E-state index in [-0.39, 0.29) is 29.4 Å². The first kappa shape index (κ1) is 20.2. The number of benzene rings is 2. The summed E-state index contributed by atoms with van der Waals surface area (Å²) in [6.45, 7) is 2.91. The monoisotopic (exact) mass is 412 g/mol. The van der Waals surface area contributed by atoms with Crippen LogP contribution in [-0.2, 0) is 6.54 Å². The number of hydrazine groups is 1. The molecule has 0 bridgehead atoms. The lowest BCUT2D eigenvalue weighted by molar-refractivity contribution is 0.0931. The van der Waals surface area contributed by atoms with Crippen LogP contribution in [-0.4, -0.2) is 30.9 Å². The Bertz CT molecular complexity index is 1080. The third kappa shape index (κ3) is 3.59. The van der Waals surface area contributed by atoms with E-state index < -0.39 is 5.82 Å². The van der Waals surface area contributed by atoms with E-state index in [1.54, 1.807) is 13.2 Å². The van der Waals surface area contributed by atoms with Crippen molar-refractivity contribution in [3.8, 4) is 11.5 Å². The number of halogens is 1. The molecule has 3 aromatic rings. The summed E-state index contributed by atoms with van der Waals surface area (Å²) in [7, 11) is 3.05. The third-order valence-corrected chi connectivity index (χ3v) is 5.45. The van der Waals surface area contributed by atoms with E-state index in [9.17, 15) is 9.18 Å². The second-order valence-corrected chi connectivity index (χ2v) is 7.16. The number of nitrogens with one attached hydrogen (secondary N) is 3. The first-order chi connectivity index (χ1) is 14.5. The smallest absolute Gasteiger partial charge is 0.252 e. The van der Waals surface area contributed by atoms with Crippen LogP contribution >= 0.6 is 0 Å². The molecule has 1 amide bonds. The maximum Gasteiger partial charge on any atom is 0.252 e. The van der Waals surface area contributed by atoms with E-state index in [2.05, 4.69) is 39.8 Å². The normalized spacial score (nSPS) is 18.5. The Morgan fingerprint density at radius 1 is 1.17 bits per heavy atom. The fourth-order valence-electron chi connectivity index (χ4n) is 3.99. The van der Waals surface area contributed by atoms with Crippen molar-refractivity contribution >= 4 is 16.8 Å². The molecular formula is C22H25FN4O3. The lowest BCUT2D eigenvalue weighted by Crippen LogP contribution is -2.44. The van der Waals surface area contributed by atoms with E-state index in [1.807, 2.05) is 12.1 Å². The highest BCUT2D eigenvalue weighted by molar-refractivity contribution is 5.94. The van der Waals surface area contributed by atoms with Crippen LogP contribution in [0.2, 0.25) is 0 Å². The van der Waals surface area contributed by atoms with Gasteiger partial charge in [0, 0.05) is 29.6 Å². The Kier molecular flexibility index (Phi) is 5.61. The fraction of sp³-hybridized carbons (Fsp3) is 0.318. The summed E-state index contributed by atoms with van der Waals surface area (Å²) in [5.74, 6) is 0.0181. The molecule has 2 aromatic carbocycles. The van der Waals surface area contributed by atoms with Gasteiger partial charge < -0.3 is 19.4 Å². The van der Waals surface area contributed by atoms with Crippen molar-refractivity contribution in [2.45, 2.75) is 32.1 Å². The van der Waals surface area contributed by atoms with Crippen LogP contribution in [0.25, 0.3) is 10.9 Å². The Labute approximate surface area is 174 Å². The maximum atomic E-state index is 13.9. The van der Waals surface area contributed by atoms with E-state index in [1.165, 1.54) is 19.2 Å². The zero-order chi connectivity index (χ0) is 21.3. The summed E-state index contributed by atoms with van der Waals surface area (Å²) in [5.41, 5.74) is 8.84. The van der Waals surface area contributed by atoms with Gasteiger partial charge in [0.15, 0.2) is 11.6 Å². The van der Waals surface area contributed by atoms with Gasteiger partial charge in [-0.3, -0.25) is 4.79 Å². The molecule has 0 saturated carbocycles. The number of hydrogen-bond donors (Lipinski definition) is 3. The van der Waals surface area contributed by atoms with E-state index in [0.717, 1.165) is 28.9 Å². The highest BCUT2D eigenvalue weighted by Crippen LogP contribution is 2.33. The van der Waals surface area contributed by atoms with Crippen LogP contribution < -0.4 is 25.6 Å². The molecule has 2 heterocycles. The average molecular weight is 412 g/mol. The van der Waals surface area contributed by atoms with Crippen molar-refractivity contribution in [2.24, 2.45) is 0 Å². The van der Waals surface area contributed by atoms with Gasteiger partial charge in [0.05, 0.1) is 31.9 Å². The van der Waals surface area contributed by atoms with Gasteiger partial charge in [-0.05, 0) is 43.3 Å². The number of ether oxygens (including phenoxy) is 2. The van der Waals surface area contributed by atoms with Gasteiger partial charge in [0.1, 0.15) is 5.75 Å². The van der Waals surface area contributed by atoms with Crippen LogP contribution in [0, 0.1) is 5.82 Å². The largest absolute Gasteiger partial charge is 0.496 e. The van der Waals surface area contributed by atoms with E-state index in [4.69, 9.17) is 9.47 Å². The van der Waals surface area contributed by atoms with Crippen molar-refractivity contribution in [1.82, 2.24) is 20.7 Å². The quantitative estimate of drug-likeness (QED) is 0.580. The number of carbonyl (C=O) groups is 1. The summed E-state index contributed by atoms with van der Waals surface area (Å²) in [6.07, 6.45) is 0.348. The second-order valence-electron chi connectivity index (χ2n) is 7.16. The standard InChI is InChI=1S/C22H25FN4O3/c1-4-27-17-6-5-7-19(29-2)14(17)11-18(27)16-12-21(26-25-16)24-22(28)13-8-9-20(30-3)15(23)10-13/h5-11,16,21,25-26H,4,12H2,1-3H3,(H,24,28). The van der Waals surface area contributed by atoms with Crippen molar-refractivity contribution < 1.29 is 18.7 Å². The van der Waals surface area contributed by atoms with Crippen LogP contribution in [0.15, 0.2) is 42.5 Å². The van der Waals surface area contributed by atoms with Crippen LogP contribution in [0.3, 0.4) is 0 Å². The molecule has 2 unspecified atom stereocenters. The van der Waals surface area contributed by atoms with Crippen LogP contribution in [0.4, 0.5) is 4.39 Å². The molecule has 3 N–H and O–H groups in total. The van der Waals surface area contributed by atoms with Gasteiger partial charge in [0.2, 0.25) is 0 Å². The number of rotatable bonds is 6. The molecule has 1 aromatic heterocycles. The predicted octanol–water partition coefficient (Wildman–Crippen LogP) is 3.11. The van der Waals surface area contributed by atoms with Crippen LogP contribution in [0.1, 0.15) is 35.4 Å². The lowest BCUT2D eigenvalue weighted by atomic mass is 10.1. The number of amides is 1. The summed E-state index contributed by atoms with van der Waals surface area (Å²) in [6, 6.07) is 12.3. The molecule has 8 heteroatoms. The molecule has 2 atom stereocenters. The van der Waals surface area contributed by atoms with Gasteiger partial charge in [-0.15, -0.1) is 0 Å². The van der Waals surface area contributed by atoms with Gasteiger partial charge in [-0.25, -0.2) is 15.2 Å². The molecule has 0 radical (unpaired) electrons. The molecule has 158 valence electrons. The van der Waals surface area contributed by atoms with Crippen molar-refractivity contribution in [2.75, 3.05) is 14.2 Å². The van der Waals surface area contributed by atoms with Gasteiger partial charge >= 0.3 is 0 Å². The molecule has 4 rings (SSSR count). The fourth-order valence-corrected chi connectivity index (χ4v) is 3.99. The summed E-state index contributed by atoms with van der Waals surface area (Å²) in [4.78, 5) is 12.5. The SMILES string of the molecule is CCn1c(C2CC(NC(=O)c3ccc(OC)c(F)c3)NN2)cc2c(OC)cccc21. The first-order valence-corrected chi connectivity index (χ1v) is 9.87. The molecule has 1 fully saturated rings. The minimum atomic E-state index is -0.568. The zero-order valence-electron chi connectivity index (χ0n) is 17.2. The number of fused-ring (bicyclic) bond motifs is 1. The first-order valence-electron chi connectivity index (χ1n) is 9.87. The molecule has 1 aliphatic rings. The van der Waals surface area contributed by atoms with Gasteiger partial charge in [-0.2, -0.15) is 0 Å². The van der Waals surface area contributed by atoms with Gasteiger partial charge in [0.25, 0.3) is 5.91 Å². The van der Waals surface area contributed by atoms with Crippen molar-refractivity contribution in [1.29, 1.82) is 0 Å². The molecule has 0 aliphatic carbocycles. The zero-order valence-corrected chi connectivity index (χ0v) is 17.2. The predicted molar refractivity (Wildman–Crippen MR) is 112 cm³/mol. The number of aromatic nitrogens is 1. The van der Waals surface area contributed by atoms with E-state index >= 15 is 0 Å². The molecule has 1 aliphatic heterocycles. The van der Waals surface area contributed by atoms with Crippen LogP contribution in [0.5, 0.6) is 11.5 Å².